The van der Waals surface area contributed by atoms with Gasteiger partial charge in [0, 0.05) is 18.7 Å². The second kappa shape index (κ2) is 7.26. The summed E-state index contributed by atoms with van der Waals surface area (Å²) in [6, 6.07) is 13.1. The van der Waals surface area contributed by atoms with Gasteiger partial charge in [-0.2, -0.15) is 0 Å². The summed E-state index contributed by atoms with van der Waals surface area (Å²) < 4.78 is 24.5. The molecule has 28 heavy (non-hydrogen) atoms. The molecule has 1 amide bonds. The Hall–Kier alpha value is -3.48. The highest BCUT2D eigenvalue weighted by molar-refractivity contribution is 5.97. The van der Waals surface area contributed by atoms with Gasteiger partial charge in [0.1, 0.15) is 23.3 Å². The zero-order chi connectivity index (χ0) is 19.7. The third-order valence-corrected chi connectivity index (χ3v) is 4.77. The molecule has 2 aromatic carbocycles. The summed E-state index contributed by atoms with van der Waals surface area (Å²) >= 11 is 0. The largest absolute Gasteiger partial charge is 0.440 e. The van der Waals surface area contributed by atoms with E-state index in [1.54, 1.807) is 54.4 Å². The number of nitrogens with zero attached hydrogens (tertiary/aromatic N) is 3. The smallest absolute Gasteiger partial charge is 0.254 e. The molecule has 0 aliphatic rings. The Kier molecular flexibility index (Phi) is 4.65. The van der Waals surface area contributed by atoms with E-state index < -0.39 is 0 Å². The van der Waals surface area contributed by atoms with Gasteiger partial charge in [-0.05, 0) is 36.8 Å². The Bertz CT molecular complexity index is 1120. The van der Waals surface area contributed by atoms with Crippen LogP contribution in [-0.2, 0) is 6.42 Å². The fraction of sp³-hybridized carbons (Fsp3) is 0.190. The first-order valence-corrected chi connectivity index (χ1v) is 8.83. The number of hydrogen-bond acceptors (Lipinski definition) is 5. The van der Waals surface area contributed by atoms with Crippen LogP contribution in [0.5, 0.6) is 0 Å². The summed E-state index contributed by atoms with van der Waals surface area (Å²) in [5.74, 6) is -0.0810. The highest BCUT2D eigenvalue weighted by atomic mass is 19.1. The number of benzene rings is 2. The molecule has 6 nitrogen and oxygen atoms in total. The van der Waals surface area contributed by atoms with E-state index in [1.807, 2.05) is 6.92 Å². The number of carbonyl (C=O) groups is 1. The molecule has 0 aliphatic carbocycles. The maximum absolute atomic E-state index is 13.9. The highest BCUT2D eigenvalue weighted by Crippen LogP contribution is 2.23. The lowest BCUT2D eigenvalue weighted by Crippen LogP contribution is -2.29. The fourth-order valence-corrected chi connectivity index (χ4v) is 3.00. The van der Waals surface area contributed by atoms with E-state index in [2.05, 4.69) is 10.1 Å². The van der Waals surface area contributed by atoms with E-state index >= 15 is 0 Å². The van der Waals surface area contributed by atoms with Crippen molar-refractivity contribution in [3.8, 4) is 0 Å². The second-order valence-corrected chi connectivity index (χ2v) is 6.57. The first kappa shape index (κ1) is 17.9. The minimum atomic E-state index is -0.302. The zero-order valence-corrected chi connectivity index (χ0v) is 15.4. The normalized spacial score (nSPS) is 12.2. The lowest BCUT2D eigenvalue weighted by atomic mass is 10.1. The molecule has 4 rings (SSSR count). The van der Waals surface area contributed by atoms with E-state index in [0.717, 1.165) is 0 Å². The second-order valence-electron chi connectivity index (χ2n) is 6.57. The van der Waals surface area contributed by atoms with Gasteiger partial charge in [-0.15, -0.1) is 0 Å². The predicted octanol–water partition coefficient (Wildman–Crippen LogP) is 4.38. The first-order chi connectivity index (χ1) is 13.5. The maximum Gasteiger partial charge on any atom is 0.254 e. The summed E-state index contributed by atoms with van der Waals surface area (Å²) in [5.41, 5.74) is 2.75. The summed E-state index contributed by atoms with van der Waals surface area (Å²) in [6.07, 6.45) is 1.72. The first-order valence-electron chi connectivity index (χ1n) is 8.83. The van der Waals surface area contributed by atoms with Gasteiger partial charge in [0.15, 0.2) is 11.5 Å². The minimum Gasteiger partial charge on any atom is -0.440 e. The Morgan fingerprint density at radius 3 is 2.79 bits per heavy atom. The van der Waals surface area contributed by atoms with Crippen molar-refractivity contribution in [3.63, 3.8) is 0 Å². The Labute approximate surface area is 160 Å². The average molecular weight is 379 g/mol. The lowest BCUT2D eigenvalue weighted by molar-refractivity contribution is 0.0737. The van der Waals surface area contributed by atoms with Crippen LogP contribution in [0.25, 0.3) is 11.1 Å². The van der Waals surface area contributed by atoms with Gasteiger partial charge in [0.05, 0.1) is 12.5 Å². The van der Waals surface area contributed by atoms with E-state index in [1.165, 1.54) is 12.3 Å². The molecule has 7 heteroatoms. The van der Waals surface area contributed by atoms with Gasteiger partial charge in [0.25, 0.3) is 5.91 Å². The minimum absolute atomic E-state index is 0.176. The van der Waals surface area contributed by atoms with Crippen molar-refractivity contribution in [2.75, 3.05) is 7.05 Å². The molecule has 142 valence electrons. The highest BCUT2D eigenvalue weighted by Gasteiger charge is 2.21. The Balaban J connectivity index is 1.57. The van der Waals surface area contributed by atoms with Crippen molar-refractivity contribution in [2.24, 2.45) is 0 Å². The molecule has 0 spiro atoms. The summed E-state index contributed by atoms with van der Waals surface area (Å²) in [5, 5.41) is 3.89. The molecular formula is C21H18FN3O3. The number of oxazole rings is 1. The van der Waals surface area contributed by atoms with Crippen LogP contribution >= 0.6 is 0 Å². The number of hydrogen-bond donors (Lipinski definition) is 0. The standard InChI is InChI=1S/C21H18FN3O3/c1-13(17-9-10-27-24-17)25(2)21(26)15-7-8-18-19(11-15)28-20(23-18)12-14-5-3-4-6-16(14)22/h3-11,13H,12H2,1-2H3. The van der Waals surface area contributed by atoms with Crippen molar-refractivity contribution in [3.05, 3.63) is 83.3 Å². The van der Waals surface area contributed by atoms with Gasteiger partial charge >= 0.3 is 0 Å². The number of rotatable bonds is 5. The van der Waals surface area contributed by atoms with Crippen LogP contribution in [-0.4, -0.2) is 28.0 Å². The quantitative estimate of drug-likeness (QED) is 0.515. The third-order valence-electron chi connectivity index (χ3n) is 4.77. The van der Waals surface area contributed by atoms with Crippen LogP contribution in [0.4, 0.5) is 4.39 Å². The van der Waals surface area contributed by atoms with Crippen LogP contribution in [0, 0.1) is 5.82 Å². The van der Waals surface area contributed by atoms with Gasteiger partial charge in [-0.3, -0.25) is 4.79 Å². The summed E-state index contributed by atoms with van der Waals surface area (Å²) in [6.45, 7) is 1.87. The van der Waals surface area contributed by atoms with Crippen molar-refractivity contribution >= 4 is 17.0 Å². The predicted molar refractivity (Wildman–Crippen MR) is 100 cm³/mol. The molecule has 4 aromatic rings. The summed E-state index contributed by atoms with van der Waals surface area (Å²) in [7, 11) is 1.70. The van der Waals surface area contributed by atoms with E-state index in [4.69, 9.17) is 8.94 Å². The monoisotopic (exact) mass is 379 g/mol. The SMILES string of the molecule is CC(c1ccon1)N(C)C(=O)c1ccc2nc(Cc3ccccc3F)oc2c1. The van der Waals surface area contributed by atoms with Crippen molar-refractivity contribution < 1.29 is 18.1 Å². The topological polar surface area (TPSA) is 72.4 Å². The summed E-state index contributed by atoms with van der Waals surface area (Å²) in [4.78, 5) is 18.8. The molecule has 2 aromatic heterocycles. The fourth-order valence-electron chi connectivity index (χ4n) is 3.00. The van der Waals surface area contributed by atoms with Gasteiger partial charge in [-0.25, -0.2) is 9.37 Å². The van der Waals surface area contributed by atoms with Crippen LogP contribution in [0.15, 0.2) is 63.7 Å². The Morgan fingerprint density at radius 1 is 1.21 bits per heavy atom. The molecule has 0 saturated carbocycles. The van der Waals surface area contributed by atoms with Gasteiger partial charge < -0.3 is 13.8 Å². The van der Waals surface area contributed by atoms with Gasteiger partial charge in [0.2, 0.25) is 0 Å². The average Bonchev–Trinajstić information content (AvgIpc) is 3.37. The molecule has 0 radical (unpaired) electrons. The molecule has 1 unspecified atom stereocenters. The third kappa shape index (κ3) is 3.38. The van der Waals surface area contributed by atoms with Crippen molar-refractivity contribution in [1.82, 2.24) is 15.0 Å². The maximum atomic E-state index is 13.9. The molecule has 0 bridgehead atoms. The number of amides is 1. The molecule has 1 atom stereocenters. The molecule has 2 heterocycles. The number of fused-ring (bicyclic) bond motifs is 1. The Morgan fingerprint density at radius 2 is 2.04 bits per heavy atom. The molecule has 0 N–H and O–H groups in total. The number of halogens is 1. The molecule has 0 aliphatic heterocycles. The van der Waals surface area contributed by atoms with Crippen LogP contribution in [0.3, 0.4) is 0 Å². The van der Waals surface area contributed by atoms with Crippen molar-refractivity contribution in [2.45, 2.75) is 19.4 Å². The molecule has 0 saturated heterocycles. The van der Waals surface area contributed by atoms with Crippen LogP contribution < -0.4 is 0 Å². The van der Waals surface area contributed by atoms with Crippen LogP contribution in [0.1, 0.15) is 40.5 Å². The number of carbonyl (C=O) groups excluding carboxylic acids is 1. The lowest BCUT2D eigenvalue weighted by Gasteiger charge is -2.23. The van der Waals surface area contributed by atoms with Crippen LogP contribution in [0.2, 0.25) is 0 Å². The van der Waals surface area contributed by atoms with E-state index in [0.29, 0.717) is 33.8 Å². The molecular weight excluding hydrogens is 361 g/mol. The van der Waals surface area contributed by atoms with E-state index in [9.17, 15) is 9.18 Å². The zero-order valence-electron chi connectivity index (χ0n) is 15.4. The number of aromatic nitrogens is 2. The van der Waals surface area contributed by atoms with Gasteiger partial charge in [-0.1, -0.05) is 23.4 Å². The van der Waals surface area contributed by atoms with E-state index in [-0.39, 0.29) is 24.2 Å². The van der Waals surface area contributed by atoms with Crippen molar-refractivity contribution in [1.29, 1.82) is 0 Å². The molecule has 0 fully saturated rings.